The highest BCUT2D eigenvalue weighted by molar-refractivity contribution is 8.02. The lowest BCUT2D eigenvalue weighted by atomic mass is 10.1. The van der Waals surface area contributed by atoms with Gasteiger partial charge in [0.15, 0.2) is 0 Å². The van der Waals surface area contributed by atoms with Gasteiger partial charge in [0.2, 0.25) is 0 Å². The van der Waals surface area contributed by atoms with Crippen LogP contribution >= 0.6 is 23.5 Å². The number of hydrogen-bond acceptors (Lipinski definition) is 6. The lowest BCUT2D eigenvalue weighted by molar-refractivity contribution is 0.0686. The number of carboxylic acid groups (broad SMARTS) is 2. The summed E-state index contributed by atoms with van der Waals surface area (Å²) in [5.74, 6) is -2.03. The Hall–Kier alpha value is -3.72. The van der Waals surface area contributed by atoms with Gasteiger partial charge in [-0.05, 0) is 60.7 Å². The predicted octanol–water partition coefficient (Wildman–Crippen LogP) is 5.13. The van der Waals surface area contributed by atoms with Crippen LogP contribution in [0.3, 0.4) is 0 Å². The number of carboxylic acids is 2. The molecule has 8 heteroatoms. The molecule has 6 nitrogen and oxygen atoms in total. The molecule has 0 atom stereocenters. The SMILES string of the molecule is N#Cc1cc(Sc2ccc(C(=O)O)cc2)c(Sc2ccc(C(=O)O)cc2)cc1C#N. The zero-order chi connectivity index (χ0) is 21.7. The summed E-state index contributed by atoms with van der Waals surface area (Å²) in [6.45, 7) is 0. The summed E-state index contributed by atoms with van der Waals surface area (Å²) < 4.78 is 0. The maximum Gasteiger partial charge on any atom is 0.335 e. The van der Waals surface area contributed by atoms with Crippen molar-refractivity contribution < 1.29 is 19.8 Å². The fraction of sp³-hybridized carbons (Fsp3) is 0. The highest BCUT2D eigenvalue weighted by atomic mass is 32.2. The van der Waals surface area contributed by atoms with Crippen LogP contribution in [0.5, 0.6) is 0 Å². The second-order valence-electron chi connectivity index (χ2n) is 5.93. The van der Waals surface area contributed by atoms with Gasteiger partial charge in [-0.25, -0.2) is 9.59 Å². The first-order valence-corrected chi connectivity index (χ1v) is 10.0. The zero-order valence-electron chi connectivity index (χ0n) is 15.2. The third-order valence-electron chi connectivity index (χ3n) is 3.98. The van der Waals surface area contributed by atoms with E-state index >= 15 is 0 Å². The van der Waals surface area contributed by atoms with E-state index in [9.17, 15) is 20.1 Å². The van der Waals surface area contributed by atoms with Gasteiger partial charge in [0, 0.05) is 19.6 Å². The third-order valence-corrected chi connectivity index (χ3v) is 6.24. The van der Waals surface area contributed by atoms with Crippen molar-refractivity contribution in [3.8, 4) is 12.1 Å². The van der Waals surface area contributed by atoms with E-state index in [1.165, 1.54) is 47.8 Å². The standard InChI is InChI=1S/C22H12N2O4S2/c23-11-15-9-19(29-17-5-1-13(2-6-17)21(25)26)20(10-16(15)12-24)30-18-7-3-14(4-8-18)22(27)28/h1-10H,(H,25,26)(H,27,28). The minimum absolute atomic E-state index is 0.171. The van der Waals surface area contributed by atoms with Crippen LogP contribution in [-0.2, 0) is 0 Å². The number of rotatable bonds is 6. The molecule has 0 aliphatic carbocycles. The van der Waals surface area contributed by atoms with Gasteiger partial charge in [-0.1, -0.05) is 23.5 Å². The molecule has 0 radical (unpaired) electrons. The van der Waals surface area contributed by atoms with Crippen LogP contribution in [-0.4, -0.2) is 22.2 Å². The molecule has 0 aliphatic rings. The van der Waals surface area contributed by atoms with Crippen molar-refractivity contribution in [1.82, 2.24) is 0 Å². The van der Waals surface area contributed by atoms with Crippen LogP contribution in [0.2, 0.25) is 0 Å². The molecule has 0 heterocycles. The van der Waals surface area contributed by atoms with Crippen molar-refractivity contribution in [2.24, 2.45) is 0 Å². The average molecular weight is 432 g/mol. The van der Waals surface area contributed by atoms with Crippen molar-refractivity contribution in [3.05, 3.63) is 82.9 Å². The molecule has 0 aliphatic heterocycles. The molecule has 0 amide bonds. The molecular weight excluding hydrogens is 420 g/mol. The Morgan fingerprint density at radius 2 is 1.00 bits per heavy atom. The number of aromatic carboxylic acids is 2. The normalized spacial score (nSPS) is 10.1. The summed E-state index contributed by atoms with van der Waals surface area (Å²) in [6.07, 6.45) is 0. The summed E-state index contributed by atoms with van der Waals surface area (Å²) in [7, 11) is 0. The molecule has 3 aromatic carbocycles. The molecule has 0 aromatic heterocycles. The first kappa shape index (κ1) is 21.0. The van der Waals surface area contributed by atoms with Gasteiger partial charge in [-0.15, -0.1) is 0 Å². The van der Waals surface area contributed by atoms with E-state index in [-0.39, 0.29) is 22.3 Å². The fourth-order valence-corrected chi connectivity index (χ4v) is 4.46. The first-order chi connectivity index (χ1) is 14.4. The van der Waals surface area contributed by atoms with E-state index in [1.807, 2.05) is 12.1 Å². The number of nitrogens with zero attached hydrogens (tertiary/aromatic N) is 2. The molecule has 0 saturated heterocycles. The van der Waals surface area contributed by atoms with E-state index in [0.29, 0.717) is 0 Å². The first-order valence-electron chi connectivity index (χ1n) is 8.42. The minimum atomic E-state index is -1.02. The summed E-state index contributed by atoms with van der Waals surface area (Å²) in [6, 6.07) is 20.0. The Kier molecular flexibility index (Phi) is 6.43. The molecule has 30 heavy (non-hydrogen) atoms. The number of benzene rings is 3. The van der Waals surface area contributed by atoms with Gasteiger partial charge in [0.25, 0.3) is 0 Å². The Bertz CT molecular complexity index is 1110. The summed E-state index contributed by atoms with van der Waals surface area (Å²) in [5, 5.41) is 36.8. The van der Waals surface area contributed by atoms with E-state index < -0.39 is 11.9 Å². The molecular formula is C22H12N2O4S2. The van der Waals surface area contributed by atoms with Crippen molar-refractivity contribution in [3.63, 3.8) is 0 Å². The fourth-order valence-electron chi connectivity index (χ4n) is 2.49. The molecule has 146 valence electrons. The maximum absolute atomic E-state index is 11.0. The zero-order valence-corrected chi connectivity index (χ0v) is 16.8. The van der Waals surface area contributed by atoms with E-state index in [1.54, 1.807) is 36.4 Å². The van der Waals surface area contributed by atoms with Gasteiger partial charge in [0.05, 0.1) is 22.3 Å². The number of hydrogen-bond donors (Lipinski definition) is 2. The lowest BCUT2D eigenvalue weighted by Gasteiger charge is -2.11. The van der Waals surface area contributed by atoms with Gasteiger partial charge in [-0.3, -0.25) is 0 Å². The van der Waals surface area contributed by atoms with Crippen molar-refractivity contribution in [2.75, 3.05) is 0 Å². The van der Waals surface area contributed by atoms with Gasteiger partial charge in [0.1, 0.15) is 12.1 Å². The molecule has 3 aromatic rings. The summed E-state index contributed by atoms with van der Waals surface area (Å²) in [4.78, 5) is 25.1. The smallest absolute Gasteiger partial charge is 0.335 e. The number of nitriles is 2. The maximum atomic E-state index is 11.0. The molecule has 0 unspecified atom stereocenters. The number of carbonyl (C=O) groups is 2. The van der Waals surface area contributed by atoms with Crippen LogP contribution in [0.25, 0.3) is 0 Å². The van der Waals surface area contributed by atoms with E-state index in [2.05, 4.69) is 0 Å². The van der Waals surface area contributed by atoms with Crippen molar-refractivity contribution in [2.45, 2.75) is 19.6 Å². The van der Waals surface area contributed by atoms with Crippen LogP contribution in [0, 0.1) is 22.7 Å². The topological polar surface area (TPSA) is 122 Å². The highest BCUT2D eigenvalue weighted by Crippen LogP contribution is 2.40. The van der Waals surface area contributed by atoms with Crippen molar-refractivity contribution >= 4 is 35.5 Å². The third kappa shape index (κ3) is 4.81. The molecule has 2 N–H and O–H groups in total. The Labute approximate surface area is 180 Å². The van der Waals surface area contributed by atoms with E-state index in [0.717, 1.165) is 19.6 Å². The van der Waals surface area contributed by atoms with Gasteiger partial charge >= 0.3 is 11.9 Å². The average Bonchev–Trinajstić information content (AvgIpc) is 2.75. The molecule has 3 rings (SSSR count). The second-order valence-corrected chi connectivity index (χ2v) is 8.16. The Morgan fingerprint density at radius 1 is 0.667 bits per heavy atom. The van der Waals surface area contributed by atoms with Crippen LogP contribution in [0.4, 0.5) is 0 Å². The molecule has 0 bridgehead atoms. The van der Waals surface area contributed by atoms with Crippen LogP contribution < -0.4 is 0 Å². The van der Waals surface area contributed by atoms with E-state index in [4.69, 9.17) is 10.2 Å². The predicted molar refractivity (Wildman–Crippen MR) is 111 cm³/mol. The Balaban J connectivity index is 1.98. The largest absolute Gasteiger partial charge is 0.478 e. The van der Waals surface area contributed by atoms with Crippen molar-refractivity contribution in [1.29, 1.82) is 10.5 Å². The summed E-state index contributed by atoms with van der Waals surface area (Å²) >= 11 is 2.68. The van der Waals surface area contributed by atoms with Crippen LogP contribution in [0.15, 0.2) is 80.2 Å². The minimum Gasteiger partial charge on any atom is -0.478 e. The highest BCUT2D eigenvalue weighted by Gasteiger charge is 2.14. The van der Waals surface area contributed by atoms with Gasteiger partial charge < -0.3 is 10.2 Å². The monoisotopic (exact) mass is 432 g/mol. The quantitative estimate of drug-likeness (QED) is 0.550. The molecule has 0 spiro atoms. The molecule has 0 fully saturated rings. The lowest BCUT2D eigenvalue weighted by Crippen LogP contribution is -1.95. The summed E-state index contributed by atoms with van der Waals surface area (Å²) in [5.41, 5.74) is 0.829. The van der Waals surface area contributed by atoms with Gasteiger partial charge in [-0.2, -0.15) is 10.5 Å². The molecule has 0 saturated carbocycles. The second kappa shape index (κ2) is 9.19. The Morgan fingerprint density at radius 3 is 1.27 bits per heavy atom. The van der Waals surface area contributed by atoms with Crippen LogP contribution in [0.1, 0.15) is 31.8 Å².